The molecule has 172 valence electrons. The molecule has 1 amide bonds. The van der Waals surface area contributed by atoms with E-state index in [9.17, 15) is 23.1 Å². The van der Waals surface area contributed by atoms with E-state index < -0.39 is 28.7 Å². The molecule has 2 heterocycles. The van der Waals surface area contributed by atoms with Gasteiger partial charge in [0, 0.05) is 11.9 Å². The molecule has 1 aliphatic heterocycles. The molecule has 0 aliphatic carbocycles. The van der Waals surface area contributed by atoms with Gasteiger partial charge in [0.25, 0.3) is 5.91 Å². The molecular weight excluding hydrogens is 482 g/mol. The maximum atomic E-state index is 13.2. The van der Waals surface area contributed by atoms with Crippen molar-refractivity contribution in [3.63, 3.8) is 0 Å². The number of benzene rings is 2. The molecule has 0 saturated heterocycles. The van der Waals surface area contributed by atoms with Gasteiger partial charge in [-0.25, -0.2) is 4.98 Å². The molecule has 1 aliphatic rings. The normalized spacial score (nSPS) is 15.6. The van der Waals surface area contributed by atoms with E-state index in [-0.39, 0.29) is 30.2 Å². The first-order valence-electron chi connectivity index (χ1n) is 9.65. The van der Waals surface area contributed by atoms with Crippen molar-refractivity contribution in [3.8, 4) is 5.75 Å². The average molecular weight is 498 g/mol. The van der Waals surface area contributed by atoms with Gasteiger partial charge in [0.1, 0.15) is 6.61 Å². The summed E-state index contributed by atoms with van der Waals surface area (Å²) in [4.78, 5) is 18.9. The summed E-state index contributed by atoms with van der Waals surface area (Å²) >= 11 is 12.0. The van der Waals surface area contributed by atoms with E-state index in [4.69, 9.17) is 27.9 Å². The third-order valence-corrected chi connectivity index (χ3v) is 5.62. The Morgan fingerprint density at radius 3 is 2.67 bits per heavy atom. The number of rotatable bonds is 4. The zero-order valence-electron chi connectivity index (χ0n) is 16.7. The smallest absolute Gasteiger partial charge is 0.417 e. The number of aliphatic hydroxyl groups is 1. The fraction of sp³-hybridized carbons (Fsp3) is 0.182. The van der Waals surface area contributed by atoms with Crippen molar-refractivity contribution in [1.29, 1.82) is 0 Å². The Bertz CT molecular complexity index is 1210. The summed E-state index contributed by atoms with van der Waals surface area (Å²) in [6.07, 6.45) is -3.13. The van der Waals surface area contributed by atoms with Crippen LogP contribution in [0.5, 0.6) is 5.75 Å². The molecule has 0 spiro atoms. The van der Waals surface area contributed by atoms with Gasteiger partial charge in [-0.3, -0.25) is 4.79 Å². The van der Waals surface area contributed by atoms with Gasteiger partial charge in [-0.05, 0) is 42.5 Å². The van der Waals surface area contributed by atoms with Crippen molar-refractivity contribution >= 4 is 46.3 Å². The lowest BCUT2D eigenvalue weighted by molar-refractivity contribution is -0.137. The standard InChI is InChI=1S/C22H16Cl2F3N3O3/c23-16-7-6-12(9-15(16)22(25,26)27)29-21(32)14-3-1-5-18-19(14)33-11-13(10-31)30(18)20-17(24)4-2-8-28-20/h1-9,13,31H,10-11H2,(H,29,32)/t13-/m0/s1. The minimum Gasteiger partial charge on any atom is -0.488 e. The lowest BCUT2D eigenvalue weighted by Crippen LogP contribution is -2.43. The molecule has 0 bridgehead atoms. The molecule has 6 nitrogen and oxygen atoms in total. The highest BCUT2D eigenvalue weighted by molar-refractivity contribution is 6.33. The average Bonchev–Trinajstić information content (AvgIpc) is 2.78. The van der Waals surface area contributed by atoms with Crippen molar-refractivity contribution < 1.29 is 27.8 Å². The van der Waals surface area contributed by atoms with E-state index >= 15 is 0 Å². The molecule has 4 rings (SSSR count). The molecule has 0 unspecified atom stereocenters. The highest BCUT2D eigenvalue weighted by Gasteiger charge is 2.35. The van der Waals surface area contributed by atoms with Crippen LogP contribution in [0.15, 0.2) is 54.7 Å². The second kappa shape index (κ2) is 9.09. The number of halogens is 5. The second-order valence-electron chi connectivity index (χ2n) is 7.13. The van der Waals surface area contributed by atoms with Gasteiger partial charge in [-0.2, -0.15) is 13.2 Å². The number of fused-ring (bicyclic) bond motifs is 1. The first kappa shape index (κ1) is 23.2. The number of aliphatic hydroxyl groups excluding tert-OH is 1. The van der Waals surface area contributed by atoms with Crippen LogP contribution >= 0.6 is 23.2 Å². The number of nitrogens with one attached hydrogen (secondary N) is 1. The number of aromatic nitrogens is 1. The molecule has 0 fully saturated rings. The third-order valence-electron chi connectivity index (χ3n) is 4.99. The van der Waals surface area contributed by atoms with E-state index in [1.807, 2.05) is 0 Å². The monoisotopic (exact) mass is 497 g/mol. The first-order chi connectivity index (χ1) is 15.7. The van der Waals surface area contributed by atoms with Gasteiger partial charge >= 0.3 is 6.18 Å². The van der Waals surface area contributed by atoms with Crippen LogP contribution in [0.2, 0.25) is 10.0 Å². The predicted molar refractivity (Wildman–Crippen MR) is 119 cm³/mol. The number of carbonyl (C=O) groups is 1. The van der Waals surface area contributed by atoms with Gasteiger partial charge in [-0.1, -0.05) is 29.3 Å². The highest BCUT2D eigenvalue weighted by Crippen LogP contribution is 2.43. The van der Waals surface area contributed by atoms with Crippen LogP contribution in [0.1, 0.15) is 15.9 Å². The topological polar surface area (TPSA) is 74.7 Å². The number of pyridine rings is 1. The van der Waals surface area contributed by atoms with Crippen molar-refractivity contribution in [2.45, 2.75) is 12.2 Å². The zero-order chi connectivity index (χ0) is 23.8. The molecule has 1 aromatic heterocycles. The maximum absolute atomic E-state index is 13.2. The molecular formula is C22H16Cl2F3N3O3. The van der Waals surface area contributed by atoms with E-state index in [1.54, 1.807) is 35.4 Å². The Balaban J connectivity index is 1.71. The summed E-state index contributed by atoms with van der Waals surface area (Å²) in [6, 6.07) is 10.6. The van der Waals surface area contributed by atoms with Crippen LogP contribution in [-0.2, 0) is 6.18 Å². The minimum atomic E-state index is -4.67. The molecule has 11 heteroatoms. The Kier molecular flexibility index (Phi) is 6.38. The first-order valence-corrected chi connectivity index (χ1v) is 10.4. The van der Waals surface area contributed by atoms with E-state index in [1.165, 1.54) is 12.1 Å². The summed E-state index contributed by atoms with van der Waals surface area (Å²) in [7, 11) is 0. The van der Waals surface area contributed by atoms with Crippen molar-refractivity contribution in [3.05, 3.63) is 75.9 Å². The van der Waals surface area contributed by atoms with Gasteiger partial charge in [0.2, 0.25) is 0 Å². The van der Waals surface area contributed by atoms with Crippen molar-refractivity contribution in [2.24, 2.45) is 0 Å². The molecule has 2 N–H and O–H groups in total. The van der Waals surface area contributed by atoms with Crippen LogP contribution in [0.3, 0.4) is 0 Å². The summed E-state index contributed by atoms with van der Waals surface area (Å²) < 4.78 is 45.3. The number of hydrogen-bond acceptors (Lipinski definition) is 5. The highest BCUT2D eigenvalue weighted by atomic mass is 35.5. The third kappa shape index (κ3) is 4.57. The molecule has 3 aromatic rings. The SMILES string of the molecule is O=C(Nc1ccc(Cl)c(C(F)(F)F)c1)c1cccc2c1OC[C@H](CO)N2c1ncccc1Cl. The number of anilines is 3. The van der Waals surface area contributed by atoms with E-state index in [0.717, 1.165) is 12.1 Å². The van der Waals surface area contributed by atoms with Crippen LogP contribution in [0, 0.1) is 0 Å². The fourth-order valence-electron chi connectivity index (χ4n) is 3.49. The molecule has 0 radical (unpaired) electrons. The number of para-hydroxylation sites is 1. The van der Waals surface area contributed by atoms with Gasteiger partial charge in [0.05, 0.1) is 39.5 Å². The Hall–Kier alpha value is -3.01. The van der Waals surface area contributed by atoms with Crippen LogP contribution in [-0.4, -0.2) is 35.3 Å². The van der Waals surface area contributed by atoms with Gasteiger partial charge < -0.3 is 20.1 Å². The number of carbonyl (C=O) groups excluding carboxylic acids is 1. The van der Waals surface area contributed by atoms with Gasteiger partial charge in [-0.15, -0.1) is 0 Å². The Morgan fingerprint density at radius 1 is 1.18 bits per heavy atom. The number of ether oxygens (including phenoxy) is 1. The Labute approximate surface area is 196 Å². The molecule has 1 atom stereocenters. The fourth-order valence-corrected chi connectivity index (χ4v) is 3.93. The molecule has 0 saturated carbocycles. The number of hydrogen-bond donors (Lipinski definition) is 2. The number of nitrogens with zero attached hydrogens (tertiary/aromatic N) is 2. The molecule has 2 aromatic carbocycles. The summed E-state index contributed by atoms with van der Waals surface area (Å²) in [5.41, 5.74) is -0.622. The van der Waals surface area contributed by atoms with E-state index in [2.05, 4.69) is 10.3 Å². The largest absolute Gasteiger partial charge is 0.488 e. The second-order valence-corrected chi connectivity index (χ2v) is 7.94. The summed E-state index contributed by atoms with van der Waals surface area (Å²) in [5.74, 6) is -0.129. The predicted octanol–water partition coefficient (Wildman–Crippen LogP) is 5.55. The van der Waals surface area contributed by atoms with Crippen molar-refractivity contribution in [1.82, 2.24) is 4.98 Å². The molecule has 33 heavy (non-hydrogen) atoms. The van der Waals surface area contributed by atoms with Crippen LogP contribution in [0.25, 0.3) is 0 Å². The van der Waals surface area contributed by atoms with Crippen LogP contribution < -0.4 is 15.0 Å². The van der Waals surface area contributed by atoms with Gasteiger partial charge in [0.15, 0.2) is 11.6 Å². The lowest BCUT2D eigenvalue weighted by atomic mass is 10.1. The summed E-state index contributed by atoms with van der Waals surface area (Å²) in [6.45, 7) is -0.242. The summed E-state index contributed by atoms with van der Waals surface area (Å²) in [5, 5.41) is 12.2. The maximum Gasteiger partial charge on any atom is 0.417 e. The Morgan fingerprint density at radius 2 is 1.97 bits per heavy atom. The lowest BCUT2D eigenvalue weighted by Gasteiger charge is -2.37. The number of alkyl halides is 3. The zero-order valence-corrected chi connectivity index (χ0v) is 18.2. The van der Waals surface area contributed by atoms with E-state index in [0.29, 0.717) is 16.5 Å². The number of amides is 1. The van der Waals surface area contributed by atoms with Crippen LogP contribution in [0.4, 0.5) is 30.4 Å². The van der Waals surface area contributed by atoms with Crippen molar-refractivity contribution in [2.75, 3.05) is 23.4 Å². The quantitative estimate of drug-likeness (QED) is 0.494. The minimum absolute atomic E-state index is 0.0276.